The van der Waals surface area contributed by atoms with Gasteiger partial charge < -0.3 is 5.11 Å². The summed E-state index contributed by atoms with van der Waals surface area (Å²) in [7, 11) is 0. The smallest absolute Gasteiger partial charge is 0.0679 e. The molecular weight excluding hydrogens is 250 g/mol. The molecule has 1 aromatic rings. The molecule has 1 aliphatic heterocycles. The van der Waals surface area contributed by atoms with Crippen LogP contribution in [0.5, 0.6) is 0 Å². The van der Waals surface area contributed by atoms with Gasteiger partial charge in [0.1, 0.15) is 0 Å². The number of β-amino-alcohol motifs (C(OH)–C–C–N with tert-alkyl or cyclic N) is 1. The molecule has 0 radical (unpaired) electrons. The zero-order chi connectivity index (χ0) is 9.26. The van der Waals surface area contributed by atoms with Gasteiger partial charge in [0.25, 0.3) is 0 Å². The zero-order valence-electron chi connectivity index (χ0n) is 7.24. The SMILES string of the molecule is OC1CCN(Cc2sccc2Br)C1. The van der Waals surface area contributed by atoms with Crippen LogP contribution in [-0.2, 0) is 6.54 Å². The van der Waals surface area contributed by atoms with Crippen molar-refractivity contribution in [1.29, 1.82) is 0 Å². The number of halogens is 1. The molecule has 1 aliphatic rings. The molecule has 1 fully saturated rings. The Kier molecular flexibility index (Phi) is 3.03. The largest absolute Gasteiger partial charge is 0.392 e. The molecule has 4 heteroatoms. The van der Waals surface area contributed by atoms with E-state index < -0.39 is 0 Å². The molecule has 0 aromatic carbocycles. The van der Waals surface area contributed by atoms with Crippen molar-refractivity contribution in [3.63, 3.8) is 0 Å². The Hall–Kier alpha value is 0.100. The van der Waals surface area contributed by atoms with Crippen LogP contribution in [0.2, 0.25) is 0 Å². The minimum absolute atomic E-state index is 0.112. The average molecular weight is 262 g/mol. The van der Waals surface area contributed by atoms with Gasteiger partial charge in [-0.2, -0.15) is 0 Å². The monoisotopic (exact) mass is 261 g/mol. The summed E-state index contributed by atoms with van der Waals surface area (Å²) < 4.78 is 1.19. The summed E-state index contributed by atoms with van der Waals surface area (Å²) in [4.78, 5) is 3.65. The number of thiophene rings is 1. The molecule has 0 bridgehead atoms. The van der Waals surface area contributed by atoms with E-state index in [1.807, 2.05) is 0 Å². The van der Waals surface area contributed by atoms with Gasteiger partial charge >= 0.3 is 0 Å². The van der Waals surface area contributed by atoms with Crippen molar-refractivity contribution in [2.45, 2.75) is 19.1 Å². The van der Waals surface area contributed by atoms with Crippen molar-refractivity contribution in [1.82, 2.24) is 4.90 Å². The number of nitrogens with zero attached hydrogens (tertiary/aromatic N) is 1. The molecule has 13 heavy (non-hydrogen) atoms. The summed E-state index contributed by atoms with van der Waals surface area (Å²) >= 11 is 5.28. The predicted octanol–water partition coefficient (Wildman–Crippen LogP) is 2.08. The Balaban J connectivity index is 1.95. The van der Waals surface area contributed by atoms with Gasteiger partial charge in [0.05, 0.1) is 6.10 Å². The van der Waals surface area contributed by atoms with Gasteiger partial charge in [-0.05, 0) is 33.8 Å². The van der Waals surface area contributed by atoms with Crippen LogP contribution in [0.25, 0.3) is 0 Å². The van der Waals surface area contributed by atoms with E-state index in [1.54, 1.807) is 11.3 Å². The van der Waals surface area contributed by atoms with Crippen molar-refractivity contribution in [2.24, 2.45) is 0 Å². The molecule has 2 nitrogen and oxygen atoms in total. The maximum Gasteiger partial charge on any atom is 0.0679 e. The van der Waals surface area contributed by atoms with E-state index in [4.69, 9.17) is 0 Å². The lowest BCUT2D eigenvalue weighted by molar-refractivity contribution is 0.175. The van der Waals surface area contributed by atoms with E-state index in [0.29, 0.717) is 0 Å². The molecule has 0 spiro atoms. The van der Waals surface area contributed by atoms with Gasteiger partial charge in [0, 0.05) is 29.0 Å². The Labute approximate surface area is 90.3 Å². The maximum atomic E-state index is 9.35. The molecule has 1 saturated heterocycles. The van der Waals surface area contributed by atoms with E-state index in [2.05, 4.69) is 32.3 Å². The van der Waals surface area contributed by atoms with Crippen LogP contribution in [0.4, 0.5) is 0 Å². The lowest BCUT2D eigenvalue weighted by Gasteiger charge is -2.13. The number of likely N-dealkylation sites (tertiary alicyclic amines) is 1. The summed E-state index contributed by atoms with van der Waals surface area (Å²) in [5.41, 5.74) is 0. The molecule has 0 aliphatic carbocycles. The quantitative estimate of drug-likeness (QED) is 0.882. The first-order chi connectivity index (χ1) is 6.25. The average Bonchev–Trinajstić information content (AvgIpc) is 2.64. The van der Waals surface area contributed by atoms with Gasteiger partial charge in [-0.25, -0.2) is 0 Å². The topological polar surface area (TPSA) is 23.5 Å². The van der Waals surface area contributed by atoms with Crippen LogP contribution in [0.15, 0.2) is 15.9 Å². The fourth-order valence-electron chi connectivity index (χ4n) is 1.60. The van der Waals surface area contributed by atoms with E-state index in [9.17, 15) is 5.11 Å². The number of aliphatic hydroxyl groups excluding tert-OH is 1. The molecule has 1 N–H and O–H groups in total. The highest BCUT2D eigenvalue weighted by Gasteiger charge is 2.20. The molecule has 72 valence electrons. The second kappa shape index (κ2) is 4.09. The first-order valence-electron chi connectivity index (χ1n) is 4.38. The van der Waals surface area contributed by atoms with Gasteiger partial charge in [-0.15, -0.1) is 11.3 Å². The highest BCUT2D eigenvalue weighted by molar-refractivity contribution is 9.10. The van der Waals surface area contributed by atoms with Crippen molar-refractivity contribution in [2.75, 3.05) is 13.1 Å². The van der Waals surface area contributed by atoms with Crippen LogP contribution >= 0.6 is 27.3 Å². The zero-order valence-corrected chi connectivity index (χ0v) is 9.64. The van der Waals surface area contributed by atoms with E-state index in [0.717, 1.165) is 26.1 Å². The highest BCUT2D eigenvalue weighted by atomic mass is 79.9. The number of hydrogen-bond acceptors (Lipinski definition) is 3. The molecule has 1 aromatic heterocycles. The summed E-state index contributed by atoms with van der Waals surface area (Å²) in [6, 6.07) is 2.08. The lowest BCUT2D eigenvalue weighted by Crippen LogP contribution is -2.21. The minimum Gasteiger partial charge on any atom is -0.392 e. The molecule has 2 rings (SSSR count). The molecular formula is C9H12BrNOS. The number of aliphatic hydroxyl groups is 1. The maximum absolute atomic E-state index is 9.35. The highest BCUT2D eigenvalue weighted by Crippen LogP contribution is 2.25. The van der Waals surface area contributed by atoms with Crippen LogP contribution in [0, 0.1) is 0 Å². The third kappa shape index (κ3) is 2.31. The normalized spacial score (nSPS) is 24.0. The summed E-state index contributed by atoms with van der Waals surface area (Å²) in [5.74, 6) is 0. The van der Waals surface area contributed by atoms with Crippen LogP contribution < -0.4 is 0 Å². The Morgan fingerprint density at radius 2 is 2.54 bits per heavy atom. The molecule has 2 heterocycles. The van der Waals surface area contributed by atoms with Gasteiger partial charge in [-0.3, -0.25) is 4.90 Å². The van der Waals surface area contributed by atoms with Gasteiger partial charge in [0.2, 0.25) is 0 Å². The first-order valence-corrected chi connectivity index (χ1v) is 6.05. The fraction of sp³-hybridized carbons (Fsp3) is 0.556. The lowest BCUT2D eigenvalue weighted by atomic mass is 10.3. The fourth-order valence-corrected chi connectivity index (χ4v) is 3.12. The molecule has 1 atom stereocenters. The van der Waals surface area contributed by atoms with Gasteiger partial charge in [0.15, 0.2) is 0 Å². The van der Waals surface area contributed by atoms with E-state index >= 15 is 0 Å². The Bertz CT molecular complexity index is 289. The van der Waals surface area contributed by atoms with Crippen molar-refractivity contribution in [3.05, 3.63) is 20.8 Å². The molecule has 0 saturated carbocycles. The standard InChI is InChI=1S/C9H12BrNOS/c10-8-2-4-13-9(8)6-11-3-1-7(12)5-11/h2,4,7,12H,1,3,5-6H2. The molecule has 0 amide bonds. The van der Waals surface area contributed by atoms with Crippen LogP contribution in [0.3, 0.4) is 0 Å². The summed E-state index contributed by atoms with van der Waals surface area (Å²) in [6.07, 6.45) is 0.807. The summed E-state index contributed by atoms with van der Waals surface area (Å²) in [5, 5.41) is 11.4. The minimum atomic E-state index is -0.112. The van der Waals surface area contributed by atoms with Crippen molar-refractivity contribution < 1.29 is 5.11 Å². The van der Waals surface area contributed by atoms with Gasteiger partial charge in [-0.1, -0.05) is 0 Å². The summed E-state index contributed by atoms with van der Waals surface area (Å²) in [6.45, 7) is 2.81. The third-order valence-electron chi connectivity index (χ3n) is 2.31. The van der Waals surface area contributed by atoms with Crippen LogP contribution in [0.1, 0.15) is 11.3 Å². The second-order valence-electron chi connectivity index (χ2n) is 3.37. The van der Waals surface area contributed by atoms with Crippen molar-refractivity contribution >= 4 is 27.3 Å². The van der Waals surface area contributed by atoms with E-state index in [-0.39, 0.29) is 6.10 Å². The first kappa shape index (κ1) is 9.65. The predicted molar refractivity (Wildman–Crippen MR) is 57.9 cm³/mol. The van der Waals surface area contributed by atoms with E-state index in [1.165, 1.54) is 9.35 Å². The Morgan fingerprint density at radius 3 is 3.08 bits per heavy atom. The second-order valence-corrected chi connectivity index (χ2v) is 5.22. The van der Waals surface area contributed by atoms with Crippen molar-refractivity contribution in [3.8, 4) is 0 Å². The number of rotatable bonds is 2. The third-order valence-corrected chi connectivity index (χ3v) is 4.22. The Morgan fingerprint density at radius 1 is 1.69 bits per heavy atom. The molecule has 1 unspecified atom stereocenters. The van der Waals surface area contributed by atoms with Crippen LogP contribution in [-0.4, -0.2) is 29.2 Å². The number of hydrogen-bond donors (Lipinski definition) is 1.